The van der Waals surface area contributed by atoms with Crippen molar-refractivity contribution in [3.63, 3.8) is 0 Å². The fourth-order valence-electron chi connectivity index (χ4n) is 2.39. The Kier molecular flexibility index (Phi) is 3.69. The van der Waals surface area contributed by atoms with Gasteiger partial charge in [0.2, 0.25) is 5.88 Å². The van der Waals surface area contributed by atoms with Crippen LogP contribution in [0.2, 0.25) is 0 Å². The molecule has 0 radical (unpaired) electrons. The van der Waals surface area contributed by atoms with Crippen LogP contribution in [0.1, 0.15) is 18.5 Å². The minimum Gasteiger partial charge on any atom is -0.493 e. The fraction of sp³-hybridized carbons (Fsp3) is 0.357. The zero-order valence-electron chi connectivity index (χ0n) is 11.3. The molecule has 106 valence electrons. The first-order chi connectivity index (χ1) is 9.65. The van der Waals surface area contributed by atoms with Gasteiger partial charge in [0.25, 0.3) is 0 Å². The van der Waals surface area contributed by atoms with E-state index in [2.05, 4.69) is 41.1 Å². The molecule has 1 aromatic rings. The van der Waals surface area contributed by atoms with Gasteiger partial charge in [-0.25, -0.2) is 0 Å². The van der Waals surface area contributed by atoms with Crippen LogP contribution in [0.3, 0.4) is 0 Å². The van der Waals surface area contributed by atoms with E-state index in [4.69, 9.17) is 5.73 Å². The summed E-state index contributed by atoms with van der Waals surface area (Å²) in [7, 11) is 0. The Bertz CT molecular complexity index is 545. The van der Waals surface area contributed by atoms with Crippen LogP contribution in [-0.2, 0) is 0 Å². The number of nitrogens with zero attached hydrogens (tertiary/aromatic N) is 3. The highest BCUT2D eigenvalue weighted by Crippen LogP contribution is 2.30. The Morgan fingerprint density at radius 1 is 1.40 bits per heavy atom. The number of aliphatic hydroxyl groups excluding tert-OH is 1. The summed E-state index contributed by atoms with van der Waals surface area (Å²) in [5, 5.41) is 10.3. The van der Waals surface area contributed by atoms with Crippen LogP contribution < -0.4 is 5.73 Å². The smallest absolute Gasteiger partial charge is 0.212 e. The fourth-order valence-corrected chi connectivity index (χ4v) is 3.48. The van der Waals surface area contributed by atoms with E-state index in [0.29, 0.717) is 12.7 Å². The number of hydrogen-bond donors (Lipinski definition) is 2. The first-order valence-corrected chi connectivity index (χ1v) is 7.57. The van der Waals surface area contributed by atoms with E-state index in [-0.39, 0.29) is 12.0 Å². The maximum atomic E-state index is 9.51. The number of nitrogens with two attached hydrogens (primary N) is 1. The topological polar surface area (TPSA) is 65.1 Å². The molecule has 1 aromatic carbocycles. The molecule has 0 bridgehead atoms. The summed E-state index contributed by atoms with van der Waals surface area (Å²) in [6.45, 7) is 2.91. The first kappa shape index (κ1) is 13.5. The second kappa shape index (κ2) is 5.47. The quantitative estimate of drug-likeness (QED) is 0.873. The molecule has 6 heteroatoms. The molecule has 2 atom stereocenters. The molecule has 0 saturated carbocycles. The van der Waals surface area contributed by atoms with Crippen molar-refractivity contribution in [2.45, 2.75) is 19.1 Å². The van der Waals surface area contributed by atoms with Gasteiger partial charge in [-0.1, -0.05) is 42.1 Å². The maximum absolute atomic E-state index is 9.51. The summed E-state index contributed by atoms with van der Waals surface area (Å²) in [6, 6.07) is 10.7. The highest BCUT2D eigenvalue weighted by Gasteiger charge is 2.31. The Labute approximate surface area is 122 Å². The zero-order valence-corrected chi connectivity index (χ0v) is 12.1. The number of aliphatic imine (C=N–C) groups is 1. The van der Waals surface area contributed by atoms with Crippen molar-refractivity contribution in [1.82, 2.24) is 9.80 Å². The van der Waals surface area contributed by atoms with Gasteiger partial charge >= 0.3 is 0 Å². The van der Waals surface area contributed by atoms with E-state index in [0.717, 1.165) is 11.0 Å². The highest BCUT2D eigenvalue weighted by molar-refractivity contribution is 8.13. The summed E-state index contributed by atoms with van der Waals surface area (Å²) < 4.78 is 0. The number of benzene rings is 1. The summed E-state index contributed by atoms with van der Waals surface area (Å²) >= 11 is 1.61. The minimum absolute atomic E-state index is 0.0146. The monoisotopic (exact) mass is 290 g/mol. The van der Waals surface area contributed by atoms with Crippen molar-refractivity contribution in [2.24, 2.45) is 10.7 Å². The van der Waals surface area contributed by atoms with Crippen molar-refractivity contribution in [3.05, 3.63) is 47.9 Å². The summed E-state index contributed by atoms with van der Waals surface area (Å²) in [5.74, 6) is 0.853. The molecule has 1 saturated heterocycles. The lowest BCUT2D eigenvalue weighted by Gasteiger charge is -2.43. The van der Waals surface area contributed by atoms with E-state index in [1.807, 2.05) is 11.0 Å². The van der Waals surface area contributed by atoms with E-state index in [1.165, 1.54) is 5.56 Å². The molecule has 2 unspecified atom stereocenters. The summed E-state index contributed by atoms with van der Waals surface area (Å²) in [6.07, 6.45) is 1.25. The van der Waals surface area contributed by atoms with Gasteiger partial charge in [0, 0.05) is 12.1 Å². The molecular formula is C14H18N4OS. The predicted octanol–water partition coefficient (Wildman–Crippen LogP) is 2.07. The number of thioether (sulfide) groups is 1. The van der Waals surface area contributed by atoms with Gasteiger partial charge in [-0.15, -0.1) is 0 Å². The van der Waals surface area contributed by atoms with Crippen LogP contribution in [0.15, 0.2) is 47.3 Å². The van der Waals surface area contributed by atoms with E-state index in [9.17, 15) is 5.11 Å². The number of fused-ring (bicyclic) bond motifs is 1. The lowest BCUT2D eigenvalue weighted by Crippen LogP contribution is -2.54. The van der Waals surface area contributed by atoms with Gasteiger partial charge in [0.05, 0.1) is 12.5 Å². The third-order valence-corrected chi connectivity index (χ3v) is 4.70. The Balaban J connectivity index is 1.75. The lowest BCUT2D eigenvalue weighted by molar-refractivity contribution is 0.146. The van der Waals surface area contributed by atoms with Crippen LogP contribution >= 0.6 is 11.8 Å². The number of aliphatic hydroxyl groups is 1. The predicted molar refractivity (Wildman–Crippen MR) is 82.0 cm³/mol. The molecule has 20 heavy (non-hydrogen) atoms. The van der Waals surface area contributed by atoms with Crippen LogP contribution in [0.5, 0.6) is 0 Å². The van der Waals surface area contributed by atoms with Gasteiger partial charge < -0.3 is 15.7 Å². The minimum atomic E-state index is -0.319. The molecule has 2 aliphatic heterocycles. The molecule has 1 fully saturated rings. The molecule has 3 rings (SSSR count). The Morgan fingerprint density at radius 2 is 2.15 bits per heavy atom. The number of amidine groups is 1. The molecule has 2 aliphatic rings. The first-order valence-electron chi connectivity index (χ1n) is 6.58. The van der Waals surface area contributed by atoms with E-state index >= 15 is 0 Å². The third-order valence-electron chi connectivity index (χ3n) is 3.66. The Hall–Kier alpha value is -1.50. The normalized spacial score (nSPS) is 24.7. The molecule has 3 N–H and O–H groups in total. The second-order valence-corrected chi connectivity index (χ2v) is 5.88. The standard InChI is InChI=1S/C14H18N4OS/c1-10(11-5-3-2-4-6-11)17-8-18-12(15)7-13(19)16-14(18)20-9-17/h2-7,10,12,19H,8-9,15H2,1H3. The molecule has 0 aromatic heterocycles. The molecule has 5 nitrogen and oxygen atoms in total. The second-order valence-electron chi connectivity index (χ2n) is 4.97. The van der Waals surface area contributed by atoms with Crippen molar-refractivity contribution in [1.29, 1.82) is 0 Å². The third kappa shape index (κ3) is 2.54. The van der Waals surface area contributed by atoms with Gasteiger partial charge in [0.1, 0.15) is 6.17 Å². The lowest BCUT2D eigenvalue weighted by atomic mass is 10.1. The largest absolute Gasteiger partial charge is 0.493 e. The number of rotatable bonds is 2. The zero-order chi connectivity index (χ0) is 14.1. The molecule has 0 amide bonds. The van der Waals surface area contributed by atoms with E-state index < -0.39 is 0 Å². The van der Waals surface area contributed by atoms with Crippen molar-refractivity contribution >= 4 is 16.9 Å². The van der Waals surface area contributed by atoms with Crippen LogP contribution in [0.4, 0.5) is 0 Å². The number of hydrogen-bond acceptors (Lipinski definition) is 6. The molecular weight excluding hydrogens is 272 g/mol. The van der Waals surface area contributed by atoms with E-state index in [1.54, 1.807) is 17.8 Å². The molecule has 2 heterocycles. The van der Waals surface area contributed by atoms with Crippen LogP contribution in [-0.4, -0.2) is 38.8 Å². The van der Waals surface area contributed by atoms with Crippen molar-refractivity contribution < 1.29 is 5.11 Å². The molecule has 0 spiro atoms. The Morgan fingerprint density at radius 3 is 2.90 bits per heavy atom. The van der Waals surface area contributed by atoms with Crippen molar-refractivity contribution in [2.75, 3.05) is 12.5 Å². The van der Waals surface area contributed by atoms with Gasteiger partial charge in [0.15, 0.2) is 5.17 Å². The van der Waals surface area contributed by atoms with Crippen molar-refractivity contribution in [3.8, 4) is 0 Å². The van der Waals surface area contributed by atoms with Crippen LogP contribution in [0, 0.1) is 0 Å². The van der Waals surface area contributed by atoms with Crippen LogP contribution in [0.25, 0.3) is 0 Å². The average Bonchev–Trinajstić information content (AvgIpc) is 2.47. The SMILES string of the molecule is CC(c1ccccc1)N1CSC2=NC(O)=CC(N)N2C1. The maximum Gasteiger partial charge on any atom is 0.212 e. The molecule has 0 aliphatic carbocycles. The van der Waals surface area contributed by atoms with Gasteiger partial charge in [-0.3, -0.25) is 4.90 Å². The summed E-state index contributed by atoms with van der Waals surface area (Å²) in [5.41, 5.74) is 7.34. The average molecular weight is 290 g/mol. The van der Waals surface area contributed by atoms with Gasteiger partial charge in [-0.2, -0.15) is 4.99 Å². The highest BCUT2D eigenvalue weighted by atomic mass is 32.2. The summed E-state index contributed by atoms with van der Waals surface area (Å²) in [4.78, 5) is 8.49. The van der Waals surface area contributed by atoms with Gasteiger partial charge in [-0.05, 0) is 12.5 Å².